The second-order valence-corrected chi connectivity index (χ2v) is 8.05. The number of carbonyl (C=O) groups is 1. The minimum absolute atomic E-state index is 0.0157. The monoisotopic (exact) mass is 439 g/mol. The van der Waals surface area contributed by atoms with Crippen LogP contribution in [0.15, 0.2) is 54.9 Å². The summed E-state index contributed by atoms with van der Waals surface area (Å²) >= 11 is 0. The van der Waals surface area contributed by atoms with Gasteiger partial charge in [-0.05, 0) is 30.3 Å². The third-order valence-corrected chi connectivity index (χ3v) is 5.72. The number of ketones is 1. The molecule has 2 aromatic heterocycles. The first-order valence-corrected chi connectivity index (χ1v) is 10.3. The Balaban J connectivity index is 1.61. The fourth-order valence-electron chi connectivity index (χ4n) is 4.01. The fraction of sp³-hybridized carbons (Fsp3) is 0.292. The molecule has 0 radical (unpaired) electrons. The normalized spacial score (nSPS) is 20.9. The number of piperidine rings is 1. The van der Waals surface area contributed by atoms with Gasteiger partial charge in [-0.15, -0.1) is 0 Å². The first kappa shape index (κ1) is 22.0. The van der Waals surface area contributed by atoms with Crippen LogP contribution < -0.4 is 4.90 Å². The number of anilines is 1. The maximum absolute atomic E-state index is 14.3. The van der Waals surface area contributed by atoms with E-state index in [9.17, 15) is 23.8 Å². The summed E-state index contributed by atoms with van der Waals surface area (Å²) in [6, 6.07) is 9.82. The Hall–Kier alpha value is -3.23. The molecule has 32 heavy (non-hydrogen) atoms. The number of benzene rings is 1. The standard InChI is InChI=1S/C24H23F2N3O3/c1-14-12-29(13-22(31)24(14)32)20-8-9-27-11-15(20)10-21(30)19-7-6-18(26)23(28-19)16-4-2-3-5-17(16)25/h2-9,11,14,22,24,31-32H,10,12-13H2,1H3/t14-,22+,24+/m0/s1. The largest absolute Gasteiger partial charge is 0.390 e. The van der Waals surface area contributed by atoms with E-state index in [1.165, 1.54) is 24.3 Å². The molecular weight excluding hydrogens is 416 g/mol. The number of pyridine rings is 2. The molecule has 1 aliphatic rings. The van der Waals surface area contributed by atoms with Crippen molar-refractivity contribution in [3.05, 3.63) is 77.8 Å². The molecule has 0 bridgehead atoms. The zero-order valence-corrected chi connectivity index (χ0v) is 17.4. The van der Waals surface area contributed by atoms with E-state index in [4.69, 9.17) is 0 Å². The lowest BCUT2D eigenvalue weighted by Gasteiger charge is -2.39. The first-order chi connectivity index (χ1) is 15.3. The number of β-amino-alcohol motifs (C(OH)–C–C–N with tert-alkyl or cyclic N) is 1. The minimum atomic E-state index is -0.905. The molecular formula is C24H23F2N3O3. The molecule has 4 rings (SSSR count). The van der Waals surface area contributed by atoms with E-state index in [1.807, 2.05) is 11.8 Å². The summed E-state index contributed by atoms with van der Waals surface area (Å²) in [7, 11) is 0. The Bertz CT molecular complexity index is 1130. The highest BCUT2D eigenvalue weighted by atomic mass is 19.1. The first-order valence-electron chi connectivity index (χ1n) is 10.3. The summed E-state index contributed by atoms with van der Waals surface area (Å²) in [6.45, 7) is 2.58. The highest BCUT2D eigenvalue weighted by Gasteiger charge is 2.33. The number of nitrogens with zero attached hydrogens (tertiary/aromatic N) is 3. The molecule has 0 unspecified atom stereocenters. The quantitative estimate of drug-likeness (QED) is 0.595. The van der Waals surface area contributed by atoms with Gasteiger partial charge in [0.25, 0.3) is 0 Å². The second-order valence-electron chi connectivity index (χ2n) is 8.05. The molecule has 2 N–H and O–H groups in total. The number of aliphatic hydroxyl groups excluding tert-OH is 2. The smallest absolute Gasteiger partial charge is 0.185 e. The summed E-state index contributed by atoms with van der Waals surface area (Å²) in [5, 5.41) is 20.2. The lowest BCUT2D eigenvalue weighted by atomic mass is 9.93. The molecule has 3 aromatic rings. The average Bonchev–Trinajstić information content (AvgIpc) is 2.78. The minimum Gasteiger partial charge on any atom is -0.390 e. The summed E-state index contributed by atoms with van der Waals surface area (Å²) in [5.41, 5.74) is 1.12. The Kier molecular flexibility index (Phi) is 6.25. The van der Waals surface area contributed by atoms with Crippen LogP contribution in [0.25, 0.3) is 11.3 Å². The SMILES string of the molecule is C[C@H]1CN(c2ccncc2CC(=O)c2ccc(F)c(-c3ccccc3F)n2)C[C@@H](O)[C@@H]1O. The Morgan fingerprint density at radius 3 is 2.62 bits per heavy atom. The third-order valence-electron chi connectivity index (χ3n) is 5.72. The molecule has 0 spiro atoms. The zero-order chi connectivity index (χ0) is 22.8. The lowest BCUT2D eigenvalue weighted by molar-refractivity contribution is -0.0213. The van der Waals surface area contributed by atoms with E-state index >= 15 is 0 Å². The third kappa shape index (κ3) is 4.37. The average molecular weight is 439 g/mol. The molecule has 1 aromatic carbocycles. The van der Waals surface area contributed by atoms with Crippen LogP contribution in [0.5, 0.6) is 0 Å². The van der Waals surface area contributed by atoms with Gasteiger partial charge in [0.05, 0.1) is 12.2 Å². The van der Waals surface area contributed by atoms with Crippen molar-refractivity contribution in [1.29, 1.82) is 0 Å². The van der Waals surface area contributed by atoms with Gasteiger partial charge < -0.3 is 15.1 Å². The van der Waals surface area contributed by atoms with Crippen LogP contribution in [0, 0.1) is 17.6 Å². The van der Waals surface area contributed by atoms with Gasteiger partial charge in [0.2, 0.25) is 0 Å². The van der Waals surface area contributed by atoms with E-state index in [-0.39, 0.29) is 41.6 Å². The van der Waals surface area contributed by atoms with Crippen molar-refractivity contribution in [3.8, 4) is 11.3 Å². The Labute approximate surface area is 184 Å². The van der Waals surface area contributed by atoms with Crippen molar-refractivity contribution in [3.63, 3.8) is 0 Å². The highest BCUT2D eigenvalue weighted by Crippen LogP contribution is 2.28. The van der Waals surface area contributed by atoms with Crippen LogP contribution in [0.1, 0.15) is 23.0 Å². The molecule has 3 heterocycles. The van der Waals surface area contributed by atoms with Gasteiger partial charge in [0.15, 0.2) is 5.78 Å². The Morgan fingerprint density at radius 1 is 1.09 bits per heavy atom. The molecule has 0 amide bonds. The number of aromatic nitrogens is 2. The van der Waals surface area contributed by atoms with Crippen molar-refractivity contribution in [1.82, 2.24) is 9.97 Å². The lowest BCUT2D eigenvalue weighted by Crippen LogP contribution is -2.51. The zero-order valence-electron chi connectivity index (χ0n) is 17.4. The number of carbonyl (C=O) groups excluding carboxylic acids is 1. The van der Waals surface area contributed by atoms with E-state index in [1.54, 1.807) is 24.5 Å². The summed E-state index contributed by atoms with van der Waals surface area (Å²) in [4.78, 5) is 23.1. The number of rotatable bonds is 5. The van der Waals surface area contributed by atoms with Crippen LogP contribution in [0.3, 0.4) is 0 Å². The van der Waals surface area contributed by atoms with Gasteiger partial charge in [-0.25, -0.2) is 13.8 Å². The van der Waals surface area contributed by atoms with Crippen molar-refractivity contribution < 1.29 is 23.8 Å². The second kappa shape index (κ2) is 9.10. The van der Waals surface area contributed by atoms with E-state index < -0.39 is 23.8 Å². The molecule has 1 aliphatic heterocycles. The molecule has 1 fully saturated rings. The summed E-state index contributed by atoms with van der Waals surface area (Å²) in [5.74, 6) is -1.87. The predicted molar refractivity (Wildman–Crippen MR) is 115 cm³/mol. The van der Waals surface area contributed by atoms with Crippen molar-refractivity contribution >= 4 is 11.5 Å². The van der Waals surface area contributed by atoms with E-state index in [2.05, 4.69) is 9.97 Å². The molecule has 0 saturated carbocycles. The molecule has 1 saturated heterocycles. The number of aliphatic hydroxyl groups is 2. The van der Waals surface area contributed by atoms with Crippen LogP contribution in [0.2, 0.25) is 0 Å². The van der Waals surface area contributed by atoms with Gasteiger partial charge in [0.1, 0.15) is 23.0 Å². The van der Waals surface area contributed by atoms with Gasteiger partial charge >= 0.3 is 0 Å². The topological polar surface area (TPSA) is 86.6 Å². The van der Waals surface area contributed by atoms with Gasteiger partial charge in [0, 0.05) is 54.6 Å². The van der Waals surface area contributed by atoms with E-state index in [0.29, 0.717) is 12.1 Å². The van der Waals surface area contributed by atoms with Crippen molar-refractivity contribution in [2.45, 2.75) is 25.6 Å². The molecule has 166 valence electrons. The fourth-order valence-corrected chi connectivity index (χ4v) is 4.01. The van der Waals surface area contributed by atoms with Gasteiger partial charge in [-0.3, -0.25) is 9.78 Å². The van der Waals surface area contributed by atoms with Gasteiger partial charge in [-0.1, -0.05) is 19.1 Å². The maximum atomic E-state index is 14.3. The summed E-state index contributed by atoms with van der Waals surface area (Å²) < 4.78 is 28.5. The number of hydrogen-bond donors (Lipinski definition) is 2. The molecule has 0 aliphatic carbocycles. The highest BCUT2D eigenvalue weighted by molar-refractivity contribution is 5.97. The van der Waals surface area contributed by atoms with Crippen LogP contribution in [0.4, 0.5) is 14.5 Å². The van der Waals surface area contributed by atoms with Crippen LogP contribution in [-0.4, -0.2) is 51.3 Å². The van der Waals surface area contributed by atoms with Crippen LogP contribution in [-0.2, 0) is 6.42 Å². The number of hydrogen-bond acceptors (Lipinski definition) is 6. The maximum Gasteiger partial charge on any atom is 0.185 e. The molecule has 8 heteroatoms. The Morgan fingerprint density at radius 2 is 1.88 bits per heavy atom. The van der Waals surface area contributed by atoms with E-state index in [0.717, 1.165) is 11.8 Å². The number of Topliss-reactive ketones (excluding diaryl/α,β-unsaturated/α-hetero) is 1. The van der Waals surface area contributed by atoms with Crippen molar-refractivity contribution in [2.24, 2.45) is 5.92 Å². The van der Waals surface area contributed by atoms with Crippen LogP contribution >= 0.6 is 0 Å². The predicted octanol–water partition coefficient (Wildman–Crippen LogP) is 3.03. The molecule has 3 atom stereocenters. The van der Waals surface area contributed by atoms with Crippen molar-refractivity contribution in [2.75, 3.05) is 18.0 Å². The van der Waals surface area contributed by atoms with Gasteiger partial charge in [-0.2, -0.15) is 0 Å². The summed E-state index contributed by atoms with van der Waals surface area (Å²) in [6.07, 6.45) is 1.40. The molecule has 6 nitrogen and oxygen atoms in total. The number of halogens is 2.